The Bertz CT molecular complexity index is 560. The summed E-state index contributed by atoms with van der Waals surface area (Å²) >= 11 is 5.87. The summed E-state index contributed by atoms with van der Waals surface area (Å²) in [6, 6.07) is 12.2. The molecular weight excluding hydrogens is 265 g/mol. The van der Waals surface area contributed by atoms with Gasteiger partial charge in [0, 0.05) is 17.3 Å². The number of hydrogen-bond donors (Lipinski definition) is 1. The average Bonchev–Trinajstić information content (AvgIpc) is 2.39. The van der Waals surface area contributed by atoms with Crippen LogP contribution in [0, 0.1) is 12.7 Å². The minimum atomic E-state index is -0.339. The molecule has 2 rings (SSSR count). The quantitative estimate of drug-likeness (QED) is 0.825. The van der Waals surface area contributed by atoms with Crippen LogP contribution in [-0.2, 0) is 0 Å². The summed E-state index contributed by atoms with van der Waals surface area (Å²) in [6.45, 7) is 2.86. The maximum Gasteiger partial charge on any atom is 0.165 e. The first-order chi connectivity index (χ1) is 9.15. The van der Waals surface area contributed by atoms with Gasteiger partial charge in [-0.25, -0.2) is 4.39 Å². The minimum Gasteiger partial charge on any atom is -0.489 e. The minimum absolute atomic E-state index is 0.285. The molecule has 0 saturated heterocycles. The van der Waals surface area contributed by atoms with Gasteiger partial charge < -0.3 is 10.1 Å². The van der Waals surface area contributed by atoms with Gasteiger partial charge in [0.2, 0.25) is 0 Å². The highest BCUT2D eigenvalue weighted by Gasteiger charge is 2.02. The first-order valence-corrected chi connectivity index (χ1v) is 6.41. The number of hydrogen-bond acceptors (Lipinski definition) is 2. The van der Waals surface area contributed by atoms with Crippen molar-refractivity contribution in [3.05, 3.63) is 58.9 Å². The van der Waals surface area contributed by atoms with Crippen molar-refractivity contribution >= 4 is 17.3 Å². The van der Waals surface area contributed by atoms with Gasteiger partial charge in [0.05, 0.1) is 0 Å². The number of ether oxygens (including phenoxy) is 1. The topological polar surface area (TPSA) is 21.3 Å². The Labute approximate surface area is 117 Å². The molecule has 4 heteroatoms. The lowest BCUT2D eigenvalue weighted by Gasteiger charge is -2.10. The normalized spacial score (nSPS) is 10.3. The standard InChI is InChI=1S/C15H15ClFNO/c1-11-5-6-14(17)15(9-11)19-8-7-18-13-4-2-3-12(16)10-13/h2-6,9-10,18H,7-8H2,1H3. The Morgan fingerprint density at radius 1 is 1.21 bits per heavy atom. The third kappa shape index (κ3) is 4.14. The largest absolute Gasteiger partial charge is 0.489 e. The monoisotopic (exact) mass is 279 g/mol. The highest BCUT2D eigenvalue weighted by molar-refractivity contribution is 6.30. The molecule has 2 nitrogen and oxygen atoms in total. The van der Waals surface area contributed by atoms with Crippen LogP contribution in [0.5, 0.6) is 5.75 Å². The molecule has 0 aliphatic heterocycles. The fraction of sp³-hybridized carbons (Fsp3) is 0.200. The van der Waals surface area contributed by atoms with E-state index >= 15 is 0 Å². The molecule has 0 amide bonds. The summed E-state index contributed by atoms with van der Waals surface area (Å²) < 4.78 is 18.8. The second-order valence-electron chi connectivity index (χ2n) is 4.22. The van der Waals surface area contributed by atoms with Gasteiger partial charge in [-0.1, -0.05) is 23.7 Å². The van der Waals surface area contributed by atoms with Crippen LogP contribution in [0.2, 0.25) is 5.02 Å². The molecule has 0 atom stereocenters. The molecule has 0 aliphatic rings. The second-order valence-corrected chi connectivity index (χ2v) is 4.66. The first-order valence-electron chi connectivity index (χ1n) is 6.03. The number of nitrogens with one attached hydrogen (secondary N) is 1. The molecule has 0 bridgehead atoms. The molecule has 0 fully saturated rings. The Balaban J connectivity index is 1.82. The molecule has 2 aromatic carbocycles. The fourth-order valence-electron chi connectivity index (χ4n) is 1.68. The molecule has 0 saturated carbocycles. The van der Waals surface area contributed by atoms with Crippen molar-refractivity contribution in [2.24, 2.45) is 0 Å². The predicted octanol–water partition coefficient (Wildman–Crippen LogP) is 4.28. The predicted molar refractivity (Wildman–Crippen MR) is 76.6 cm³/mol. The van der Waals surface area contributed by atoms with Crippen LogP contribution in [0.3, 0.4) is 0 Å². The van der Waals surface area contributed by atoms with Crippen molar-refractivity contribution in [3.63, 3.8) is 0 Å². The van der Waals surface area contributed by atoms with Crippen LogP contribution in [0.25, 0.3) is 0 Å². The van der Waals surface area contributed by atoms with Crippen molar-refractivity contribution in [1.82, 2.24) is 0 Å². The molecular formula is C15H15ClFNO. The van der Waals surface area contributed by atoms with E-state index in [1.807, 2.05) is 31.2 Å². The van der Waals surface area contributed by atoms with E-state index in [4.69, 9.17) is 16.3 Å². The highest BCUT2D eigenvalue weighted by Crippen LogP contribution is 2.18. The summed E-state index contributed by atoms with van der Waals surface area (Å²) in [5.41, 5.74) is 1.89. The van der Waals surface area contributed by atoms with Crippen molar-refractivity contribution < 1.29 is 9.13 Å². The molecule has 0 aromatic heterocycles. The summed E-state index contributed by atoms with van der Waals surface area (Å²) in [6.07, 6.45) is 0. The Kier molecular flexibility index (Phi) is 4.63. The maximum absolute atomic E-state index is 13.4. The lowest BCUT2D eigenvalue weighted by molar-refractivity contribution is 0.315. The third-order valence-corrected chi connectivity index (χ3v) is 2.84. The van der Waals surface area contributed by atoms with Crippen LogP contribution >= 0.6 is 11.6 Å². The zero-order valence-electron chi connectivity index (χ0n) is 10.6. The highest BCUT2D eigenvalue weighted by atomic mass is 35.5. The summed E-state index contributed by atoms with van der Waals surface area (Å²) in [5.74, 6) is -0.0544. The second kappa shape index (κ2) is 6.43. The van der Waals surface area contributed by atoms with E-state index in [0.717, 1.165) is 11.3 Å². The van der Waals surface area contributed by atoms with Gasteiger partial charge in [-0.2, -0.15) is 0 Å². The summed E-state index contributed by atoms with van der Waals surface area (Å²) in [5, 5.41) is 3.83. The summed E-state index contributed by atoms with van der Waals surface area (Å²) in [7, 11) is 0. The fourth-order valence-corrected chi connectivity index (χ4v) is 1.87. The van der Waals surface area contributed by atoms with Gasteiger partial charge in [0.1, 0.15) is 6.61 Å². The van der Waals surface area contributed by atoms with Crippen molar-refractivity contribution in [2.75, 3.05) is 18.5 Å². The van der Waals surface area contributed by atoms with Crippen molar-refractivity contribution in [2.45, 2.75) is 6.92 Å². The number of halogens is 2. The average molecular weight is 280 g/mol. The van der Waals surface area contributed by atoms with E-state index in [-0.39, 0.29) is 11.6 Å². The van der Waals surface area contributed by atoms with Crippen LogP contribution in [-0.4, -0.2) is 13.2 Å². The van der Waals surface area contributed by atoms with Crippen LogP contribution in [0.15, 0.2) is 42.5 Å². The lowest BCUT2D eigenvalue weighted by Crippen LogP contribution is -2.12. The molecule has 0 unspecified atom stereocenters. The Morgan fingerprint density at radius 2 is 2.05 bits per heavy atom. The van der Waals surface area contributed by atoms with E-state index in [2.05, 4.69) is 5.32 Å². The van der Waals surface area contributed by atoms with Gasteiger partial charge in [0.15, 0.2) is 11.6 Å². The van der Waals surface area contributed by atoms with Gasteiger partial charge in [-0.05, 0) is 42.8 Å². The number of benzene rings is 2. The Morgan fingerprint density at radius 3 is 2.84 bits per heavy atom. The number of rotatable bonds is 5. The number of anilines is 1. The van der Waals surface area contributed by atoms with E-state index in [9.17, 15) is 4.39 Å². The smallest absolute Gasteiger partial charge is 0.165 e. The zero-order chi connectivity index (χ0) is 13.7. The summed E-state index contributed by atoms with van der Waals surface area (Å²) in [4.78, 5) is 0. The molecule has 19 heavy (non-hydrogen) atoms. The molecule has 2 aromatic rings. The molecule has 0 radical (unpaired) electrons. The zero-order valence-corrected chi connectivity index (χ0v) is 11.4. The molecule has 0 heterocycles. The molecule has 0 spiro atoms. The molecule has 1 N–H and O–H groups in total. The van der Waals surface area contributed by atoms with Gasteiger partial charge in [0.25, 0.3) is 0 Å². The van der Waals surface area contributed by atoms with Crippen LogP contribution in [0.4, 0.5) is 10.1 Å². The van der Waals surface area contributed by atoms with Crippen molar-refractivity contribution in [1.29, 1.82) is 0 Å². The van der Waals surface area contributed by atoms with Crippen molar-refractivity contribution in [3.8, 4) is 5.75 Å². The maximum atomic E-state index is 13.4. The van der Waals surface area contributed by atoms with Crippen LogP contribution in [0.1, 0.15) is 5.56 Å². The third-order valence-electron chi connectivity index (χ3n) is 2.60. The van der Waals surface area contributed by atoms with E-state index in [1.165, 1.54) is 6.07 Å². The SMILES string of the molecule is Cc1ccc(F)c(OCCNc2cccc(Cl)c2)c1. The molecule has 0 aliphatic carbocycles. The molecule has 100 valence electrons. The van der Waals surface area contributed by atoms with Gasteiger partial charge in [-0.15, -0.1) is 0 Å². The van der Waals surface area contributed by atoms with Crippen LogP contribution < -0.4 is 10.1 Å². The number of aryl methyl sites for hydroxylation is 1. The Hall–Kier alpha value is -1.74. The first kappa shape index (κ1) is 13.7. The van der Waals surface area contributed by atoms with Gasteiger partial charge in [-0.3, -0.25) is 0 Å². The van der Waals surface area contributed by atoms with Gasteiger partial charge >= 0.3 is 0 Å². The van der Waals surface area contributed by atoms with E-state index in [1.54, 1.807) is 12.1 Å². The van der Waals surface area contributed by atoms with E-state index < -0.39 is 0 Å². The lowest BCUT2D eigenvalue weighted by atomic mass is 10.2. The van der Waals surface area contributed by atoms with E-state index in [0.29, 0.717) is 18.2 Å².